The van der Waals surface area contributed by atoms with E-state index in [0.29, 0.717) is 16.6 Å². The minimum Gasteiger partial charge on any atom is -0.465 e. The molecule has 1 aromatic heterocycles. The number of nitrogens with zero attached hydrogens (tertiary/aromatic N) is 1. The summed E-state index contributed by atoms with van der Waals surface area (Å²) >= 11 is 1.37. The van der Waals surface area contributed by atoms with Crippen molar-refractivity contribution in [3.8, 4) is 0 Å². The number of esters is 1. The van der Waals surface area contributed by atoms with Crippen LogP contribution in [0.2, 0.25) is 0 Å². The normalized spacial score (nSPS) is 19.4. The van der Waals surface area contributed by atoms with E-state index in [1.807, 2.05) is 0 Å². The molecule has 8 nitrogen and oxygen atoms in total. The van der Waals surface area contributed by atoms with Gasteiger partial charge in [-0.15, -0.1) is 11.3 Å². The van der Waals surface area contributed by atoms with Crippen molar-refractivity contribution in [1.82, 2.24) is 4.90 Å². The third kappa shape index (κ3) is 3.89. The number of hydrogen-bond donors (Lipinski definition) is 2. The van der Waals surface area contributed by atoms with E-state index >= 15 is 0 Å². The zero-order valence-corrected chi connectivity index (χ0v) is 16.5. The number of hydrogen-bond acceptors (Lipinski definition) is 6. The number of anilines is 1. The van der Waals surface area contributed by atoms with Crippen LogP contribution in [0.25, 0.3) is 0 Å². The first-order valence-corrected chi connectivity index (χ1v) is 9.84. The van der Waals surface area contributed by atoms with Gasteiger partial charge >= 0.3 is 5.97 Å². The van der Waals surface area contributed by atoms with Gasteiger partial charge in [0.2, 0.25) is 17.7 Å². The Bertz CT molecular complexity index is 785. The number of nitrogens with one attached hydrogen (secondary N) is 2. The highest BCUT2D eigenvalue weighted by Gasteiger charge is 2.34. The summed E-state index contributed by atoms with van der Waals surface area (Å²) in [5.41, 5.74) is 1.33. The Morgan fingerprint density at radius 3 is 2.48 bits per heavy atom. The second-order valence-electron chi connectivity index (χ2n) is 7.11. The molecule has 9 heteroatoms. The van der Waals surface area contributed by atoms with E-state index in [1.54, 1.807) is 0 Å². The number of carbonyl (C=O) groups is 4. The Morgan fingerprint density at radius 2 is 1.89 bits per heavy atom. The van der Waals surface area contributed by atoms with E-state index in [2.05, 4.69) is 19.2 Å². The minimum absolute atomic E-state index is 0.140. The van der Waals surface area contributed by atoms with E-state index in [1.165, 1.54) is 23.3 Å². The molecule has 0 aliphatic carbocycles. The Labute approximate surface area is 161 Å². The van der Waals surface area contributed by atoms with Crippen molar-refractivity contribution in [1.29, 1.82) is 0 Å². The Hall–Kier alpha value is -2.26. The van der Waals surface area contributed by atoms with Gasteiger partial charge in [0, 0.05) is 19.3 Å². The van der Waals surface area contributed by atoms with Crippen LogP contribution in [0.4, 0.5) is 5.00 Å². The van der Waals surface area contributed by atoms with E-state index < -0.39 is 11.9 Å². The zero-order chi connectivity index (χ0) is 19.7. The van der Waals surface area contributed by atoms with Crippen LogP contribution in [-0.2, 0) is 32.1 Å². The molecule has 2 aliphatic rings. The number of thiophene rings is 1. The van der Waals surface area contributed by atoms with Gasteiger partial charge in [-0.25, -0.2) is 4.79 Å². The summed E-state index contributed by atoms with van der Waals surface area (Å²) in [6, 6.07) is 0.465. The van der Waals surface area contributed by atoms with Gasteiger partial charge in [-0.3, -0.25) is 19.3 Å². The van der Waals surface area contributed by atoms with Gasteiger partial charge in [0.15, 0.2) is 0 Å². The molecular formula is C18H24N3O5S+. The molecule has 1 saturated heterocycles. The van der Waals surface area contributed by atoms with E-state index in [0.717, 1.165) is 34.9 Å². The molecule has 2 N–H and O–H groups in total. The molecule has 1 atom stereocenters. The van der Waals surface area contributed by atoms with Crippen molar-refractivity contribution in [2.24, 2.45) is 0 Å². The maximum absolute atomic E-state index is 12.4. The Kier molecular flexibility index (Phi) is 5.61. The first kappa shape index (κ1) is 19.5. The van der Waals surface area contributed by atoms with Crippen LogP contribution in [0.15, 0.2) is 0 Å². The molecule has 3 heterocycles. The fourth-order valence-corrected chi connectivity index (χ4v) is 4.81. The van der Waals surface area contributed by atoms with E-state index in [9.17, 15) is 19.2 Å². The van der Waals surface area contributed by atoms with Crippen LogP contribution in [-0.4, -0.2) is 54.8 Å². The number of ether oxygens (including phenoxy) is 1. The van der Waals surface area contributed by atoms with Crippen LogP contribution in [0, 0.1) is 0 Å². The van der Waals surface area contributed by atoms with Gasteiger partial charge in [0.1, 0.15) is 18.1 Å². The number of likely N-dealkylation sites (tertiary alicyclic amines) is 1. The van der Waals surface area contributed by atoms with Gasteiger partial charge in [0.25, 0.3) is 0 Å². The van der Waals surface area contributed by atoms with Crippen molar-refractivity contribution in [3.63, 3.8) is 0 Å². The van der Waals surface area contributed by atoms with Crippen LogP contribution in [0.1, 0.15) is 47.5 Å². The van der Waals surface area contributed by atoms with Crippen molar-refractivity contribution in [3.05, 3.63) is 16.0 Å². The lowest BCUT2D eigenvalue weighted by molar-refractivity contribution is -0.936. The lowest BCUT2D eigenvalue weighted by Gasteiger charge is -2.27. The molecule has 146 valence electrons. The lowest BCUT2D eigenvalue weighted by Crippen LogP contribution is -3.14. The number of quaternary nitrogens is 1. The summed E-state index contributed by atoms with van der Waals surface area (Å²) in [7, 11) is 1.31. The number of methoxy groups -OCH3 is 1. The fraction of sp³-hybridized carbons (Fsp3) is 0.556. The topological polar surface area (TPSA) is 97.2 Å². The molecule has 1 aromatic rings. The molecule has 0 bridgehead atoms. The first-order chi connectivity index (χ1) is 12.8. The maximum Gasteiger partial charge on any atom is 0.341 e. The number of carbonyl (C=O) groups excluding carboxylic acids is 4. The van der Waals surface area contributed by atoms with Crippen molar-refractivity contribution >= 4 is 40.0 Å². The highest BCUT2D eigenvalue weighted by atomic mass is 32.1. The maximum atomic E-state index is 12.4. The minimum atomic E-state index is -0.490. The second-order valence-corrected chi connectivity index (χ2v) is 8.22. The number of fused-ring (bicyclic) bond motifs is 1. The summed E-state index contributed by atoms with van der Waals surface area (Å²) < 4.78 is 4.92. The summed E-state index contributed by atoms with van der Waals surface area (Å²) in [5.74, 6) is -1.66. The molecule has 0 radical (unpaired) electrons. The SMILES string of the molecule is COC(=O)c1c(NC(=O)CN2C(=O)CCC2=O)sc2c1CC[NH+](C(C)C)C2. The predicted octanol–water partition coefficient (Wildman–Crippen LogP) is -0.0284. The predicted molar refractivity (Wildman–Crippen MR) is 98.6 cm³/mol. The van der Waals surface area contributed by atoms with Crippen molar-refractivity contribution in [2.75, 3.05) is 25.5 Å². The molecule has 27 heavy (non-hydrogen) atoms. The summed E-state index contributed by atoms with van der Waals surface area (Å²) in [6.45, 7) is 5.68. The molecule has 1 fully saturated rings. The highest BCUT2D eigenvalue weighted by Crippen LogP contribution is 2.35. The summed E-state index contributed by atoms with van der Waals surface area (Å²) in [6.07, 6.45) is 1.02. The highest BCUT2D eigenvalue weighted by molar-refractivity contribution is 7.17. The standard InChI is InChI=1S/C18H23N3O5S/c1-10(2)20-7-6-11-12(8-20)27-17(16(11)18(25)26-3)19-13(22)9-21-14(23)4-5-15(21)24/h10H,4-9H2,1-3H3,(H,19,22)/p+1. The quantitative estimate of drug-likeness (QED) is 0.540. The molecule has 2 aliphatic heterocycles. The van der Waals surface area contributed by atoms with E-state index in [4.69, 9.17) is 4.74 Å². The number of imide groups is 1. The van der Waals surface area contributed by atoms with Gasteiger partial charge in [-0.2, -0.15) is 0 Å². The van der Waals surface area contributed by atoms with Crippen LogP contribution >= 0.6 is 11.3 Å². The van der Waals surface area contributed by atoms with Crippen LogP contribution < -0.4 is 10.2 Å². The van der Waals surface area contributed by atoms with Crippen LogP contribution in [0.3, 0.4) is 0 Å². The van der Waals surface area contributed by atoms with Gasteiger partial charge < -0.3 is 15.0 Å². The molecule has 1 unspecified atom stereocenters. The first-order valence-electron chi connectivity index (χ1n) is 9.02. The third-order valence-corrected chi connectivity index (χ3v) is 6.24. The molecule has 3 rings (SSSR count). The fourth-order valence-electron chi connectivity index (χ4n) is 3.51. The van der Waals surface area contributed by atoms with Gasteiger partial charge in [-0.1, -0.05) is 0 Å². The Balaban J connectivity index is 1.82. The van der Waals surface area contributed by atoms with Crippen molar-refractivity contribution in [2.45, 2.75) is 45.7 Å². The van der Waals surface area contributed by atoms with Gasteiger partial charge in [-0.05, 0) is 19.4 Å². The Morgan fingerprint density at radius 1 is 1.22 bits per heavy atom. The number of amides is 3. The summed E-state index contributed by atoms with van der Waals surface area (Å²) in [4.78, 5) is 51.6. The molecule has 3 amide bonds. The second kappa shape index (κ2) is 7.77. The molecule has 0 spiro atoms. The zero-order valence-electron chi connectivity index (χ0n) is 15.7. The van der Waals surface area contributed by atoms with Crippen molar-refractivity contribution < 1.29 is 28.8 Å². The molecular weight excluding hydrogens is 370 g/mol. The van der Waals surface area contributed by atoms with Gasteiger partial charge in [0.05, 0.1) is 30.1 Å². The average molecular weight is 394 g/mol. The summed E-state index contributed by atoms with van der Waals surface area (Å²) in [5, 5.41) is 3.15. The monoisotopic (exact) mass is 394 g/mol. The lowest BCUT2D eigenvalue weighted by atomic mass is 10.0. The van der Waals surface area contributed by atoms with Crippen LogP contribution in [0.5, 0.6) is 0 Å². The largest absolute Gasteiger partial charge is 0.465 e. The molecule has 0 saturated carbocycles. The smallest absolute Gasteiger partial charge is 0.341 e. The van der Waals surface area contributed by atoms with E-state index in [-0.39, 0.29) is 31.2 Å². The average Bonchev–Trinajstić information content (AvgIpc) is 3.14. The number of rotatable bonds is 5. The molecule has 0 aromatic carbocycles. The third-order valence-electron chi connectivity index (χ3n) is 5.09.